The summed E-state index contributed by atoms with van der Waals surface area (Å²) in [7, 11) is 0. The van der Waals surface area contributed by atoms with E-state index in [0.29, 0.717) is 19.6 Å². The summed E-state index contributed by atoms with van der Waals surface area (Å²) in [6.45, 7) is 19.7. The minimum Gasteiger partial charge on any atom is -0.465 e. The zero-order valence-electron chi connectivity index (χ0n) is 36.1. The van der Waals surface area contributed by atoms with Gasteiger partial charge in [0, 0.05) is 19.6 Å². The second kappa shape index (κ2) is 34.4. The van der Waals surface area contributed by atoms with Gasteiger partial charge in [-0.1, -0.05) is 157 Å². The number of ether oxygens (including phenoxy) is 2. The summed E-state index contributed by atoms with van der Waals surface area (Å²) in [5.74, 6) is 0.712. The van der Waals surface area contributed by atoms with E-state index in [-0.39, 0.29) is 24.0 Å². The summed E-state index contributed by atoms with van der Waals surface area (Å²) in [5, 5.41) is 9.44. The van der Waals surface area contributed by atoms with Gasteiger partial charge < -0.3 is 19.5 Å². The molecule has 0 aromatic carbocycles. The molecule has 0 bridgehead atoms. The van der Waals surface area contributed by atoms with Crippen LogP contribution in [0, 0.1) is 16.7 Å². The molecule has 0 atom stereocenters. The Morgan fingerprint density at radius 2 is 1.04 bits per heavy atom. The Hall–Kier alpha value is -1.14. The molecule has 0 aliphatic heterocycles. The molecule has 0 spiro atoms. The summed E-state index contributed by atoms with van der Waals surface area (Å²) in [4.78, 5) is 27.7. The molecule has 0 radical (unpaired) electrons. The molecule has 6 heteroatoms. The van der Waals surface area contributed by atoms with Crippen molar-refractivity contribution in [2.45, 2.75) is 228 Å². The quantitative estimate of drug-likeness (QED) is 0.0500. The van der Waals surface area contributed by atoms with Crippen LogP contribution >= 0.6 is 0 Å². The van der Waals surface area contributed by atoms with Gasteiger partial charge in [0.05, 0.1) is 18.6 Å². The maximum atomic E-state index is 12.7. The lowest BCUT2D eigenvalue weighted by molar-refractivity contribution is -0.154. The predicted octanol–water partition coefficient (Wildman–Crippen LogP) is 13.0. The molecule has 0 rings (SSSR count). The molecular weight excluding hydrogens is 647 g/mol. The molecule has 0 amide bonds. The number of nitrogens with zero attached hydrogens (tertiary/aromatic N) is 1. The average Bonchev–Trinajstić information content (AvgIpc) is 3.11. The molecule has 1 N–H and O–H groups in total. The number of aliphatic hydroxyl groups is 1. The number of hydrogen-bond acceptors (Lipinski definition) is 6. The highest BCUT2D eigenvalue weighted by molar-refractivity contribution is 5.75. The van der Waals surface area contributed by atoms with Crippen LogP contribution in [0.3, 0.4) is 0 Å². The molecule has 0 fully saturated rings. The van der Waals surface area contributed by atoms with Gasteiger partial charge in [0.1, 0.15) is 0 Å². The lowest BCUT2D eigenvalue weighted by Crippen LogP contribution is -2.28. The molecule has 0 aromatic heterocycles. The van der Waals surface area contributed by atoms with Crippen molar-refractivity contribution in [3.05, 3.63) is 0 Å². The van der Waals surface area contributed by atoms with Crippen LogP contribution in [0.2, 0.25) is 0 Å². The Labute approximate surface area is 324 Å². The van der Waals surface area contributed by atoms with Gasteiger partial charge >= 0.3 is 11.9 Å². The van der Waals surface area contributed by atoms with Crippen molar-refractivity contribution in [1.82, 2.24) is 4.90 Å². The molecule has 0 heterocycles. The van der Waals surface area contributed by atoms with Crippen molar-refractivity contribution in [3.8, 4) is 0 Å². The molecule has 6 nitrogen and oxygen atoms in total. The largest absolute Gasteiger partial charge is 0.465 e. The molecular formula is C46H91NO5. The third-order valence-electron chi connectivity index (χ3n) is 11.1. The topological polar surface area (TPSA) is 76.1 Å². The number of aliphatic hydroxyl groups excluding tert-OH is 1. The minimum atomic E-state index is -0.408. The molecule has 0 saturated heterocycles. The van der Waals surface area contributed by atoms with Crippen molar-refractivity contribution in [2.24, 2.45) is 16.7 Å². The summed E-state index contributed by atoms with van der Waals surface area (Å²) in [6, 6.07) is 0. The van der Waals surface area contributed by atoms with Crippen molar-refractivity contribution < 1.29 is 24.2 Å². The second-order valence-electron chi connectivity index (χ2n) is 17.6. The van der Waals surface area contributed by atoms with Gasteiger partial charge in [-0.2, -0.15) is 0 Å². The first kappa shape index (κ1) is 50.9. The Bertz CT molecular complexity index is 803. The first-order chi connectivity index (χ1) is 25.0. The lowest BCUT2D eigenvalue weighted by atomic mass is 9.87. The van der Waals surface area contributed by atoms with E-state index in [1.54, 1.807) is 0 Å². The maximum absolute atomic E-state index is 12.7. The number of carbonyl (C=O) groups excluding carboxylic acids is 2. The highest BCUT2D eigenvalue weighted by atomic mass is 16.5. The third-order valence-corrected chi connectivity index (χ3v) is 11.1. The maximum Gasteiger partial charge on any atom is 0.311 e. The Morgan fingerprint density at radius 1 is 0.558 bits per heavy atom. The smallest absolute Gasteiger partial charge is 0.311 e. The van der Waals surface area contributed by atoms with E-state index in [1.165, 1.54) is 96.3 Å². The number of rotatable bonds is 39. The highest BCUT2D eigenvalue weighted by Crippen LogP contribution is 2.27. The third kappa shape index (κ3) is 31.2. The van der Waals surface area contributed by atoms with Crippen LogP contribution < -0.4 is 0 Å². The van der Waals surface area contributed by atoms with Crippen LogP contribution in [0.1, 0.15) is 228 Å². The van der Waals surface area contributed by atoms with Gasteiger partial charge in [-0.15, -0.1) is 0 Å². The zero-order chi connectivity index (χ0) is 38.8. The fraction of sp³-hybridized carbons (Fsp3) is 0.957. The van der Waals surface area contributed by atoms with Crippen LogP contribution in [0.25, 0.3) is 0 Å². The fourth-order valence-corrected chi connectivity index (χ4v) is 7.28. The first-order valence-electron chi connectivity index (χ1n) is 22.7. The molecule has 310 valence electrons. The monoisotopic (exact) mass is 738 g/mol. The summed E-state index contributed by atoms with van der Waals surface area (Å²) in [6.07, 6.45) is 32.5. The van der Waals surface area contributed by atoms with Crippen molar-refractivity contribution >= 4 is 11.9 Å². The molecule has 0 aliphatic carbocycles. The van der Waals surface area contributed by atoms with Crippen LogP contribution in [-0.2, 0) is 19.1 Å². The van der Waals surface area contributed by atoms with Gasteiger partial charge in [0.25, 0.3) is 0 Å². The van der Waals surface area contributed by atoms with Crippen LogP contribution in [-0.4, -0.2) is 61.4 Å². The second-order valence-corrected chi connectivity index (χ2v) is 17.6. The van der Waals surface area contributed by atoms with E-state index >= 15 is 0 Å². The van der Waals surface area contributed by atoms with E-state index in [9.17, 15) is 14.7 Å². The van der Waals surface area contributed by atoms with Gasteiger partial charge in [-0.3, -0.25) is 9.59 Å². The van der Waals surface area contributed by atoms with Gasteiger partial charge in [-0.25, -0.2) is 0 Å². The van der Waals surface area contributed by atoms with Crippen molar-refractivity contribution in [1.29, 1.82) is 0 Å². The summed E-state index contributed by atoms with van der Waals surface area (Å²) in [5.41, 5.74) is -0.400. The average molecular weight is 738 g/mol. The minimum absolute atomic E-state index is 0.00787. The van der Waals surface area contributed by atoms with E-state index < -0.39 is 5.41 Å². The predicted molar refractivity (Wildman–Crippen MR) is 223 cm³/mol. The number of carbonyl (C=O) groups is 2. The molecule has 0 unspecified atom stereocenters. The van der Waals surface area contributed by atoms with Crippen molar-refractivity contribution in [3.63, 3.8) is 0 Å². The Morgan fingerprint density at radius 3 is 1.65 bits per heavy atom. The van der Waals surface area contributed by atoms with E-state index in [4.69, 9.17) is 9.47 Å². The summed E-state index contributed by atoms with van der Waals surface area (Å²) >= 11 is 0. The number of hydrogen-bond donors (Lipinski definition) is 1. The van der Waals surface area contributed by atoms with Crippen molar-refractivity contribution in [2.75, 3.05) is 39.5 Å². The highest BCUT2D eigenvalue weighted by Gasteiger charge is 2.28. The number of esters is 2. The van der Waals surface area contributed by atoms with Crippen LogP contribution in [0.4, 0.5) is 0 Å². The standard InChI is InChI=1S/C46H91NO5/c1-8-11-14-15-16-19-27-40-51-44(50)46(6,7)35-24-17-18-25-36-47(38-29-39-48)37-26-20-23-34-45(4,5)41-52-43(49)33-28-32-42(30-21-12-9-2)31-22-13-10-3/h42,48H,8-41H2,1-7H3. The van der Waals surface area contributed by atoms with Gasteiger partial charge in [-0.05, 0) is 89.6 Å². The summed E-state index contributed by atoms with van der Waals surface area (Å²) < 4.78 is 11.4. The zero-order valence-corrected chi connectivity index (χ0v) is 36.1. The number of unbranched alkanes of at least 4 members (excludes halogenated alkanes) is 15. The van der Waals surface area contributed by atoms with E-state index in [0.717, 1.165) is 103 Å². The van der Waals surface area contributed by atoms with Crippen LogP contribution in [0.5, 0.6) is 0 Å². The fourth-order valence-electron chi connectivity index (χ4n) is 7.28. The van der Waals surface area contributed by atoms with E-state index in [2.05, 4.69) is 39.5 Å². The van der Waals surface area contributed by atoms with E-state index in [1.807, 2.05) is 13.8 Å². The SMILES string of the molecule is CCCCCCCCCOC(=O)C(C)(C)CCCCCCN(CCCO)CCCCCC(C)(C)COC(=O)CCCC(CCCCC)CCCCC. The Kier molecular flexibility index (Phi) is 33.6. The van der Waals surface area contributed by atoms with Gasteiger partial charge in [0.2, 0.25) is 0 Å². The van der Waals surface area contributed by atoms with Crippen LogP contribution in [0.15, 0.2) is 0 Å². The first-order valence-corrected chi connectivity index (χ1v) is 22.7. The molecule has 0 aromatic rings. The molecule has 0 saturated carbocycles. The molecule has 0 aliphatic rings. The normalized spacial score (nSPS) is 12.3. The Balaban J connectivity index is 4.19. The van der Waals surface area contributed by atoms with Gasteiger partial charge in [0.15, 0.2) is 0 Å². The lowest BCUT2D eigenvalue weighted by Gasteiger charge is -2.25. The molecule has 52 heavy (non-hydrogen) atoms.